The lowest BCUT2D eigenvalue weighted by Crippen LogP contribution is -1.96. The second-order valence-corrected chi connectivity index (χ2v) is 10.5. The summed E-state index contributed by atoms with van der Waals surface area (Å²) in [6.45, 7) is 5.35. The van der Waals surface area contributed by atoms with Gasteiger partial charge in [0.1, 0.15) is 11.5 Å². The summed E-state index contributed by atoms with van der Waals surface area (Å²) in [5, 5.41) is 38.8. The van der Waals surface area contributed by atoms with Gasteiger partial charge in [0, 0.05) is 36.7 Å². The molecule has 0 atom stereocenters. The molecule has 2 amide bonds. The number of methoxy groups -OCH3 is 2. The van der Waals surface area contributed by atoms with Crippen LogP contribution >= 0.6 is 0 Å². The minimum absolute atomic E-state index is 0.0489. The summed E-state index contributed by atoms with van der Waals surface area (Å²) in [6.07, 6.45) is 4.61. The minimum Gasteiger partial charge on any atom is -0.497 e. The highest BCUT2D eigenvalue weighted by molar-refractivity contribution is 5.97. The van der Waals surface area contributed by atoms with Crippen LogP contribution in [0.25, 0.3) is 21.8 Å². The molecule has 0 unspecified atom stereocenters. The van der Waals surface area contributed by atoms with E-state index in [2.05, 4.69) is 34.3 Å². The molecule has 0 spiro atoms. The average molecular weight is 605 g/mol. The van der Waals surface area contributed by atoms with Crippen LogP contribution in [0.2, 0.25) is 0 Å². The largest absolute Gasteiger partial charge is 0.497 e. The first-order chi connectivity index (χ1) is 21.3. The molecule has 12 heteroatoms. The van der Waals surface area contributed by atoms with Crippen LogP contribution in [0.15, 0.2) is 56.9 Å². The van der Waals surface area contributed by atoms with Crippen molar-refractivity contribution in [3.8, 4) is 23.3 Å². The van der Waals surface area contributed by atoms with Crippen molar-refractivity contribution in [1.82, 2.24) is 9.13 Å². The number of rotatable bonds is 15. The van der Waals surface area contributed by atoms with E-state index >= 15 is 0 Å². The van der Waals surface area contributed by atoms with Crippen LogP contribution in [0.5, 0.6) is 23.3 Å². The fourth-order valence-corrected chi connectivity index (χ4v) is 5.01. The fourth-order valence-electron chi connectivity index (χ4n) is 5.01. The number of ether oxygens (including phenoxy) is 2. The third-order valence-corrected chi connectivity index (χ3v) is 7.46. The number of unbranched alkanes of at least 4 members (excludes halogenated alkanes) is 3. The molecule has 44 heavy (non-hydrogen) atoms. The SMILES string of the molecule is CCCCn1c(O)c(N=NC(=O)CCCCC(=O)N=Nc2c(O)n(CCCC)c3ccc(OC)cc23)c2cc(OC)ccc21. The van der Waals surface area contributed by atoms with Crippen molar-refractivity contribution in [2.75, 3.05) is 14.2 Å². The Hall–Kier alpha value is -4.74. The molecule has 2 N–H and O–H groups in total. The molecule has 0 aliphatic rings. The summed E-state index contributed by atoms with van der Waals surface area (Å²) >= 11 is 0. The van der Waals surface area contributed by atoms with Gasteiger partial charge < -0.3 is 28.8 Å². The number of hydrogen-bond donors (Lipinski definition) is 2. The van der Waals surface area contributed by atoms with Crippen LogP contribution in [-0.2, 0) is 22.7 Å². The van der Waals surface area contributed by atoms with Crippen LogP contribution in [0.1, 0.15) is 65.2 Å². The highest BCUT2D eigenvalue weighted by Crippen LogP contribution is 2.42. The Balaban J connectivity index is 1.36. The molecule has 234 valence electrons. The van der Waals surface area contributed by atoms with Crippen molar-refractivity contribution in [2.45, 2.75) is 78.3 Å². The predicted molar refractivity (Wildman–Crippen MR) is 168 cm³/mol. The zero-order valence-corrected chi connectivity index (χ0v) is 25.7. The summed E-state index contributed by atoms with van der Waals surface area (Å²) in [4.78, 5) is 24.9. The molecule has 0 aliphatic carbocycles. The fraction of sp³-hybridized carbons (Fsp3) is 0.438. The van der Waals surface area contributed by atoms with E-state index in [4.69, 9.17) is 9.47 Å². The maximum Gasteiger partial charge on any atom is 0.264 e. The van der Waals surface area contributed by atoms with Gasteiger partial charge in [-0.25, -0.2) is 0 Å². The molecule has 0 saturated heterocycles. The number of aromatic nitrogens is 2. The Morgan fingerprint density at radius 2 is 1.09 bits per heavy atom. The predicted octanol–water partition coefficient (Wildman–Crippen LogP) is 8.11. The Morgan fingerprint density at radius 3 is 1.45 bits per heavy atom. The number of aromatic hydroxyl groups is 2. The molecular weight excluding hydrogens is 564 g/mol. The second-order valence-electron chi connectivity index (χ2n) is 10.5. The molecule has 0 fully saturated rings. The Labute approximate surface area is 256 Å². The lowest BCUT2D eigenvalue weighted by molar-refractivity contribution is -0.120. The first kappa shape index (κ1) is 32.2. The maximum absolute atomic E-state index is 12.5. The molecule has 0 bridgehead atoms. The summed E-state index contributed by atoms with van der Waals surface area (Å²) in [7, 11) is 3.11. The van der Waals surface area contributed by atoms with Gasteiger partial charge in [-0.1, -0.05) is 26.7 Å². The van der Waals surface area contributed by atoms with Crippen molar-refractivity contribution in [3.63, 3.8) is 0 Å². The normalized spacial score (nSPS) is 11.8. The highest BCUT2D eigenvalue weighted by Gasteiger charge is 2.19. The first-order valence-electron chi connectivity index (χ1n) is 15.0. The average Bonchev–Trinajstić information content (AvgIpc) is 3.45. The van der Waals surface area contributed by atoms with E-state index in [0.29, 0.717) is 48.2 Å². The van der Waals surface area contributed by atoms with Gasteiger partial charge in [-0.2, -0.15) is 0 Å². The molecule has 2 heterocycles. The van der Waals surface area contributed by atoms with Gasteiger partial charge in [-0.05, 0) is 62.1 Å². The van der Waals surface area contributed by atoms with E-state index in [-0.39, 0.29) is 36.0 Å². The summed E-state index contributed by atoms with van der Waals surface area (Å²) < 4.78 is 14.2. The standard InChI is InChI=1S/C32H40N6O6/c1-5-7-17-37-25-15-13-21(43-3)19-23(25)29(31(37)41)35-33-27(39)11-9-10-12-28(40)34-36-30-24-20-22(44-4)14-16-26(24)38(32(30)42)18-8-6-2/h13-16,19-20,41-42H,5-12,17-18H2,1-4H3. The first-order valence-corrected chi connectivity index (χ1v) is 15.0. The van der Waals surface area contributed by atoms with Crippen molar-refractivity contribution >= 4 is 45.0 Å². The van der Waals surface area contributed by atoms with Crippen LogP contribution < -0.4 is 9.47 Å². The molecule has 0 radical (unpaired) electrons. The van der Waals surface area contributed by atoms with Gasteiger partial charge >= 0.3 is 0 Å². The zero-order valence-electron chi connectivity index (χ0n) is 25.7. The Kier molecular flexibility index (Phi) is 11.1. The van der Waals surface area contributed by atoms with Gasteiger partial charge in [-0.15, -0.1) is 20.5 Å². The molecule has 2 aromatic heterocycles. The van der Waals surface area contributed by atoms with Crippen LogP contribution in [-0.4, -0.2) is 45.4 Å². The number of benzene rings is 2. The number of amides is 2. The van der Waals surface area contributed by atoms with Gasteiger partial charge in [0.25, 0.3) is 11.8 Å². The zero-order chi connectivity index (χ0) is 31.6. The maximum atomic E-state index is 12.5. The van der Waals surface area contributed by atoms with E-state index in [1.807, 2.05) is 24.3 Å². The van der Waals surface area contributed by atoms with Crippen molar-refractivity contribution in [3.05, 3.63) is 36.4 Å². The van der Waals surface area contributed by atoms with E-state index in [1.165, 1.54) is 0 Å². The lowest BCUT2D eigenvalue weighted by Gasteiger charge is -2.05. The van der Waals surface area contributed by atoms with Crippen LogP contribution in [0, 0.1) is 0 Å². The topological polar surface area (TPSA) is 152 Å². The Morgan fingerprint density at radius 1 is 0.682 bits per heavy atom. The molecule has 4 rings (SSSR count). The lowest BCUT2D eigenvalue weighted by atomic mass is 10.2. The summed E-state index contributed by atoms with van der Waals surface area (Å²) in [5.41, 5.74) is 2.00. The monoisotopic (exact) mass is 604 g/mol. The van der Waals surface area contributed by atoms with Gasteiger partial charge in [0.15, 0.2) is 11.4 Å². The number of hydrogen-bond acceptors (Lipinski definition) is 8. The summed E-state index contributed by atoms with van der Waals surface area (Å²) in [6, 6.07) is 10.8. The van der Waals surface area contributed by atoms with Crippen molar-refractivity contribution in [1.29, 1.82) is 0 Å². The van der Waals surface area contributed by atoms with Gasteiger partial charge in [0.2, 0.25) is 11.8 Å². The molecular formula is C32H40N6O6. The number of carbonyl (C=O) groups excluding carboxylic acids is 2. The van der Waals surface area contributed by atoms with E-state index in [1.54, 1.807) is 35.5 Å². The number of aryl methyl sites for hydroxylation is 2. The van der Waals surface area contributed by atoms with Crippen molar-refractivity contribution in [2.24, 2.45) is 20.5 Å². The number of nitrogens with zero attached hydrogens (tertiary/aromatic N) is 6. The molecule has 0 saturated carbocycles. The Bertz CT molecular complexity index is 1560. The van der Waals surface area contributed by atoms with Crippen LogP contribution in [0.3, 0.4) is 0 Å². The smallest absolute Gasteiger partial charge is 0.264 e. The van der Waals surface area contributed by atoms with Crippen molar-refractivity contribution < 1.29 is 29.3 Å². The number of fused-ring (bicyclic) bond motifs is 2. The van der Waals surface area contributed by atoms with E-state index in [0.717, 1.165) is 36.7 Å². The third kappa shape index (κ3) is 7.24. The minimum atomic E-state index is -0.463. The summed E-state index contributed by atoms with van der Waals surface area (Å²) in [5.74, 6) is 0.183. The third-order valence-electron chi connectivity index (χ3n) is 7.46. The van der Waals surface area contributed by atoms with Gasteiger partial charge in [-0.3, -0.25) is 9.59 Å². The van der Waals surface area contributed by atoms with E-state index in [9.17, 15) is 19.8 Å². The van der Waals surface area contributed by atoms with Crippen LogP contribution in [0.4, 0.5) is 11.4 Å². The molecule has 4 aromatic rings. The van der Waals surface area contributed by atoms with Gasteiger partial charge in [0.05, 0.1) is 25.3 Å². The second kappa shape index (κ2) is 15.1. The molecule has 12 nitrogen and oxygen atoms in total. The molecule has 2 aromatic carbocycles. The number of carbonyl (C=O) groups is 2. The number of azo groups is 2. The quantitative estimate of drug-likeness (QED) is 0.103. The highest BCUT2D eigenvalue weighted by atomic mass is 16.5. The van der Waals surface area contributed by atoms with E-state index < -0.39 is 11.8 Å². The molecule has 0 aliphatic heterocycles.